The van der Waals surface area contributed by atoms with E-state index in [2.05, 4.69) is 19.9 Å². The molecule has 1 aromatic rings. The largest absolute Gasteiger partial charge is 0.330 e. The van der Waals surface area contributed by atoms with Gasteiger partial charge in [-0.25, -0.2) is 0 Å². The van der Waals surface area contributed by atoms with Gasteiger partial charge in [-0.2, -0.15) is 5.26 Å². The van der Waals surface area contributed by atoms with E-state index < -0.39 is 0 Å². The third-order valence-corrected chi connectivity index (χ3v) is 4.07. The minimum absolute atomic E-state index is 0.154. The molecule has 1 saturated carbocycles. The molecule has 0 bridgehead atoms. The van der Waals surface area contributed by atoms with Crippen LogP contribution in [0.5, 0.6) is 0 Å². The fourth-order valence-corrected chi connectivity index (χ4v) is 2.66. The molecule has 0 aliphatic heterocycles. The highest BCUT2D eigenvalue weighted by molar-refractivity contribution is 5.47. The molecular formula is C14H18N2. The zero-order valence-corrected chi connectivity index (χ0v) is 10.0. The summed E-state index contributed by atoms with van der Waals surface area (Å²) in [7, 11) is 0. The van der Waals surface area contributed by atoms with E-state index >= 15 is 0 Å². The lowest BCUT2D eigenvalue weighted by Gasteiger charge is -2.42. The van der Waals surface area contributed by atoms with E-state index in [9.17, 15) is 0 Å². The smallest absolute Gasteiger partial charge is 0.0991 e. The second kappa shape index (κ2) is 3.92. The van der Waals surface area contributed by atoms with E-state index in [1.807, 2.05) is 12.1 Å². The van der Waals surface area contributed by atoms with Crippen LogP contribution in [0.1, 0.15) is 41.5 Å². The summed E-state index contributed by atoms with van der Waals surface area (Å²) in [6.45, 7) is 4.91. The molecule has 0 saturated heterocycles. The molecule has 1 aromatic carbocycles. The van der Waals surface area contributed by atoms with Gasteiger partial charge in [-0.15, -0.1) is 0 Å². The summed E-state index contributed by atoms with van der Waals surface area (Å²) in [5, 5.41) is 9.03. The lowest BCUT2D eigenvalue weighted by atomic mass is 9.63. The average Bonchev–Trinajstić information content (AvgIpc) is 2.23. The van der Waals surface area contributed by atoms with Gasteiger partial charge < -0.3 is 5.73 Å². The molecule has 84 valence electrons. The highest BCUT2D eigenvalue weighted by Gasteiger charge is 2.38. The molecule has 0 atom stereocenters. The fourth-order valence-electron chi connectivity index (χ4n) is 2.66. The summed E-state index contributed by atoms with van der Waals surface area (Å²) in [5.41, 5.74) is 10.7. The van der Waals surface area contributed by atoms with Crippen molar-refractivity contribution in [2.45, 2.75) is 38.5 Å². The summed E-state index contributed by atoms with van der Waals surface area (Å²) in [5.74, 6) is 0. The molecular weight excluding hydrogens is 196 g/mol. The first kappa shape index (κ1) is 11.2. The standard InChI is InChI=1S/C14H18N2/c1-10-6-12(8-15)7-13(11(10)2)14(9-16)4-3-5-14/h6-7H,3-5,9,16H2,1-2H3. The first-order valence-corrected chi connectivity index (χ1v) is 5.85. The third-order valence-electron chi connectivity index (χ3n) is 4.07. The van der Waals surface area contributed by atoms with Crippen molar-refractivity contribution in [2.75, 3.05) is 6.54 Å². The lowest BCUT2D eigenvalue weighted by Crippen LogP contribution is -2.42. The van der Waals surface area contributed by atoms with Crippen molar-refractivity contribution in [1.29, 1.82) is 5.26 Å². The first-order chi connectivity index (χ1) is 7.63. The SMILES string of the molecule is Cc1cc(C#N)cc(C2(CN)CCC2)c1C. The van der Waals surface area contributed by atoms with Gasteiger partial charge in [0.2, 0.25) is 0 Å². The molecule has 1 fully saturated rings. The Balaban J connectivity index is 2.55. The molecule has 2 rings (SSSR count). The predicted octanol–water partition coefficient (Wildman–Crippen LogP) is 2.56. The Hall–Kier alpha value is -1.33. The number of nitriles is 1. The van der Waals surface area contributed by atoms with Crippen LogP contribution in [0.25, 0.3) is 0 Å². The van der Waals surface area contributed by atoms with E-state index in [4.69, 9.17) is 11.0 Å². The number of rotatable bonds is 2. The van der Waals surface area contributed by atoms with Crippen molar-refractivity contribution in [2.24, 2.45) is 5.73 Å². The summed E-state index contributed by atoms with van der Waals surface area (Å²) in [6, 6.07) is 6.24. The summed E-state index contributed by atoms with van der Waals surface area (Å²) in [6.07, 6.45) is 3.59. The van der Waals surface area contributed by atoms with Gasteiger partial charge in [0.1, 0.15) is 0 Å². The second-order valence-electron chi connectivity index (χ2n) is 4.92. The van der Waals surface area contributed by atoms with Gasteiger partial charge in [0.15, 0.2) is 0 Å². The molecule has 2 N–H and O–H groups in total. The van der Waals surface area contributed by atoms with Crippen molar-refractivity contribution in [3.05, 3.63) is 34.4 Å². The van der Waals surface area contributed by atoms with Gasteiger partial charge in [0, 0.05) is 12.0 Å². The van der Waals surface area contributed by atoms with E-state index in [1.165, 1.54) is 36.0 Å². The van der Waals surface area contributed by atoms with Crippen LogP contribution in [-0.2, 0) is 5.41 Å². The molecule has 0 aromatic heterocycles. The number of nitrogens with two attached hydrogens (primary N) is 1. The van der Waals surface area contributed by atoms with Crippen molar-refractivity contribution < 1.29 is 0 Å². The first-order valence-electron chi connectivity index (χ1n) is 5.85. The minimum Gasteiger partial charge on any atom is -0.330 e. The Labute approximate surface area is 97.1 Å². The monoisotopic (exact) mass is 214 g/mol. The van der Waals surface area contributed by atoms with Crippen LogP contribution in [-0.4, -0.2) is 6.54 Å². The quantitative estimate of drug-likeness (QED) is 0.822. The zero-order valence-electron chi connectivity index (χ0n) is 10.0. The maximum absolute atomic E-state index is 9.03. The molecule has 0 amide bonds. The number of hydrogen-bond donors (Lipinski definition) is 1. The molecule has 1 aliphatic carbocycles. The van der Waals surface area contributed by atoms with Crippen LogP contribution in [0.3, 0.4) is 0 Å². The van der Waals surface area contributed by atoms with Gasteiger partial charge in [0.25, 0.3) is 0 Å². The highest BCUT2D eigenvalue weighted by Crippen LogP contribution is 2.44. The normalized spacial score (nSPS) is 17.6. The Kier molecular flexibility index (Phi) is 2.73. The van der Waals surface area contributed by atoms with E-state index in [0.717, 1.165) is 5.56 Å². The van der Waals surface area contributed by atoms with Crippen molar-refractivity contribution in [3.8, 4) is 6.07 Å². The van der Waals surface area contributed by atoms with Crippen LogP contribution in [0.15, 0.2) is 12.1 Å². The minimum atomic E-state index is 0.154. The van der Waals surface area contributed by atoms with Crippen LogP contribution >= 0.6 is 0 Å². The molecule has 1 aliphatic rings. The van der Waals surface area contributed by atoms with E-state index in [-0.39, 0.29) is 5.41 Å². The van der Waals surface area contributed by atoms with Gasteiger partial charge in [-0.3, -0.25) is 0 Å². The molecule has 16 heavy (non-hydrogen) atoms. The summed E-state index contributed by atoms with van der Waals surface area (Å²) in [4.78, 5) is 0. The number of hydrogen-bond acceptors (Lipinski definition) is 2. The molecule has 0 spiro atoms. The van der Waals surface area contributed by atoms with Crippen LogP contribution in [0.2, 0.25) is 0 Å². The highest BCUT2D eigenvalue weighted by atomic mass is 14.6. The average molecular weight is 214 g/mol. The maximum Gasteiger partial charge on any atom is 0.0991 e. The lowest BCUT2D eigenvalue weighted by molar-refractivity contribution is 0.251. The Bertz CT molecular complexity index is 445. The van der Waals surface area contributed by atoms with Crippen molar-refractivity contribution in [1.82, 2.24) is 0 Å². The Morgan fingerprint density at radius 3 is 2.50 bits per heavy atom. The van der Waals surface area contributed by atoms with Crippen molar-refractivity contribution in [3.63, 3.8) is 0 Å². The van der Waals surface area contributed by atoms with Gasteiger partial charge in [0.05, 0.1) is 11.6 Å². The fraction of sp³-hybridized carbons (Fsp3) is 0.500. The second-order valence-corrected chi connectivity index (χ2v) is 4.92. The van der Waals surface area contributed by atoms with E-state index in [1.54, 1.807) is 0 Å². The van der Waals surface area contributed by atoms with Crippen LogP contribution in [0.4, 0.5) is 0 Å². The molecule has 2 heteroatoms. The van der Waals surface area contributed by atoms with Crippen molar-refractivity contribution >= 4 is 0 Å². The molecule has 0 radical (unpaired) electrons. The zero-order chi connectivity index (χ0) is 11.8. The third kappa shape index (κ3) is 1.52. The Morgan fingerprint density at radius 2 is 2.06 bits per heavy atom. The van der Waals surface area contributed by atoms with Gasteiger partial charge in [-0.05, 0) is 55.5 Å². The van der Waals surface area contributed by atoms with Gasteiger partial charge >= 0.3 is 0 Å². The van der Waals surface area contributed by atoms with Crippen LogP contribution in [0, 0.1) is 25.2 Å². The summed E-state index contributed by atoms with van der Waals surface area (Å²) >= 11 is 0. The maximum atomic E-state index is 9.03. The predicted molar refractivity (Wildman–Crippen MR) is 65.2 cm³/mol. The topological polar surface area (TPSA) is 49.8 Å². The van der Waals surface area contributed by atoms with Gasteiger partial charge in [-0.1, -0.05) is 6.42 Å². The molecule has 0 unspecified atom stereocenters. The number of benzene rings is 1. The number of aryl methyl sites for hydroxylation is 1. The molecule has 0 heterocycles. The van der Waals surface area contributed by atoms with Crippen LogP contribution < -0.4 is 5.73 Å². The summed E-state index contributed by atoms with van der Waals surface area (Å²) < 4.78 is 0. The molecule has 2 nitrogen and oxygen atoms in total. The number of nitrogens with zero attached hydrogens (tertiary/aromatic N) is 1. The Morgan fingerprint density at radius 1 is 1.38 bits per heavy atom. The van der Waals surface area contributed by atoms with E-state index in [0.29, 0.717) is 6.54 Å².